The lowest BCUT2D eigenvalue weighted by Gasteiger charge is -2.44. The van der Waals surface area contributed by atoms with Crippen LogP contribution >= 0.6 is 0 Å². The first-order valence-corrected chi connectivity index (χ1v) is 9.95. The Morgan fingerprint density at radius 3 is 2.04 bits per heavy atom. The molecular weight excluding hydrogens is 296 g/mol. The minimum atomic E-state index is 0.122. The average molecular weight is 331 g/mol. The van der Waals surface area contributed by atoms with Crippen molar-refractivity contribution in [3.05, 3.63) is 23.8 Å². The van der Waals surface area contributed by atoms with Crippen LogP contribution in [0.5, 0.6) is 5.75 Å². The second-order valence-corrected chi connectivity index (χ2v) is 7.77. The minimum Gasteiger partial charge on any atom is -0.475 e. The predicted octanol–water partition coefficient (Wildman–Crippen LogP) is 5.27. The average Bonchev–Trinajstić information content (AvgIpc) is 2.60. The zero-order valence-electron chi connectivity index (χ0n) is 15.5. The van der Waals surface area contributed by atoms with Gasteiger partial charge in [-0.25, -0.2) is 0 Å². The predicted molar refractivity (Wildman–Crippen MR) is 101 cm³/mol. The van der Waals surface area contributed by atoms with Gasteiger partial charge in [0, 0.05) is 23.8 Å². The molecule has 2 aliphatic rings. The van der Waals surface area contributed by atoms with Crippen LogP contribution in [0.3, 0.4) is 0 Å². The van der Waals surface area contributed by atoms with Gasteiger partial charge in [0.25, 0.3) is 0 Å². The van der Waals surface area contributed by atoms with Crippen LogP contribution in [0.2, 0.25) is 0 Å². The van der Waals surface area contributed by atoms with Gasteiger partial charge in [-0.2, -0.15) is 0 Å². The summed E-state index contributed by atoms with van der Waals surface area (Å²) in [6.45, 7) is 4.35. The molecule has 1 atom stereocenters. The fraction of sp³-hybridized carbons (Fsp3) is 0.714. The number of rotatable bonds is 5. The molecule has 0 aromatic heterocycles. The summed E-state index contributed by atoms with van der Waals surface area (Å²) in [4.78, 5) is 2.72. The number of hydrogen-bond acceptors (Lipinski definition) is 3. The topological polar surface area (TPSA) is 38.5 Å². The lowest BCUT2D eigenvalue weighted by molar-refractivity contribution is -0.0457. The van der Waals surface area contributed by atoms with Crippen LogP contribution in [0.4, 0.5) is 5.69 Å². The van der Waals surface area contributed by atoms with Crippen LogP contribution in [0.1, 0.15) is 76.7 Å². The summed E-state index contributed by atoms with van der Waals surface area (Å²) >= 11 is 0. The van der Waals surface area contributed by atoms with Gasteiger partial charge in [0.05, 0.1) is 0 Å². The maximum Gasteiger partial charge on any atom is 0.150 e. The van der Waals surface area contributed by atoms with Crippen molar-refractivity contribution >= 4 is 5.69 Å². The summed E-state index contributed by atoms with van der Waals surface area (Å²) < 4.78 is 6.44. The Morgan fingerprint density at radius 1 is 0.958 bits per heavy atom. The molecule has 0 bridgehead atoms. The molecule has 3 nitrogen and oxygen atoms in total. The third kappa shape index (κ3) is 4.24. The molecule has 1 unspecified atom stereocenters. The lowest BCUT2D eigenvalue weighted by atomic mass is 9.88. The first-order valence-electron chi connectivity index (χ1n) is 9.95. The Labute approximate surface area is 147 Å². The van der Waals surface area contributed by atoms with Crippen molar-refractivity contribution in [3.63, 3.8) is 0 Å². The molecule has 2 fully saturated rings. The monoisotopic (exact) mass is 330 g/mol. The largest absolute Gasteiger partial charge is 0.475 e. The van der Waals surface area contributed by atoms with Crippen LogP contribution < -0.4 is 10.5 Å². The standard InChI is InChI=1S/C21H34N2O/c1-16-13-14-18(22)15-21(16)24-17(2)23(19-9-5-3-6-10-19)20-11-7-4-8-12-20/h13-15,17,19-20H,3-12,22H2,1-2H3. The highest BCUT2D eigenvalue weighted by molar-refractivity contribution is 5.48. The van der Waals surface area contributed by atoms with Crippen molar-refractivity contribution < 1.29 is 4.74 Å². The van der Waals surface area contributed by atoms with E-state index in [1.807, 2.05) is 12.1 Å². The second kappa shape index (κ2) is 8.24. The van der Waals surface area contributed by atoms with Crippen LogP contribution in [0.15, 0.2) is 18.2 Å². The maximum absolute atomic E-state index is 6.44. The highest BCUT2D eigenvalue weighted by Gasteiger charge is 2.33. The molecule has 1 aromatic rings. The van der Waals surface area contributed by atoms with Crippen molar-refractivity contribution in [2.75, 3.05) is 5.73 Å². The van der Waals surface area contributed by atoms with E-state index in [9.17, 15) is 0 Å². The zero-order chi connectivity index (χ0) is 16.9. The number of anilines is 1. The molecule has 0 heterocycles. The van der Waals surface area contributed by atoms with E-state index < -0.39 is 0 Å². The number of aryl methyl sites for hydroxylation is 1. The van der Waals surface area contributed by atoms with Crippen molar-refractivity contribution in [1.29, 1.82) is 0 Å². The van der Waals surface area contributed by atoms with Crippen LogP contribution in [0, 0.1) is 6.92 Å². The SMILES string of the molecule is Cc1ccc(N)cc1OC(C)N(C1CCCCC1)C1CCCCC1. The summed E-state index contributed by atoms with van der Waals surface area (Å²) in [5.74, 6) is 0.944. The molecule has 0 saturated heterocycles. The second-order valence-electron chi connectivity index (χ2n) is 7.77. The summed E-state index contributed by atoms with van der Waals surface area (Å²) in [5, 5.41) is 0. The molecule has 2 aliphatic carbocycles. The van der Waals surface area contributed by atoms with Gasteiger partial charge < -0.3 is 10.5 Å². The van der Waals surface area contributed by atoms with Crippen LogP contribution in [-0.4, -0.2) is 23.2 Å². The molecule has 0 spiro atoms. The Bertz CT molecular complexity index is 501. The number of nitrogens with zero attached hydrogens (tertiary/aromatic N) is 1. The van der Waals surface area contributed by atoms with E-state index >= 15 is 0 Å². The Kier molecular flexibility index (Phi) is 6.04. The number of hydrogen-bond donors (Lipinski definition) is 1. The van der Waals surface area contributed by atoms with Gasteiger partial charge in [0.2, 0.25) is 0 Å². The Morgan fingerprint density at radius 2 is 1.50 bits per heavy atom. The quantitative estimate of drug-likeness (QED) is 0.590. The van der Waals surface area contributed by atoms with Crippen LogP contribution in [0.25, 0.3) is 0 Å². The molecule has 1 aromatic carbocycles. The first kappa shape index (κ1) is 17.6. The van der Waals surface area contributed by atoms with Gasteiger partial charge in [-0.1, -0.05) is 44.6 Å². The number of ether oxygens (including phenoxy) is 1. The molecule has 0 aliphatic heterocycles. The van der Waals surface area contributed by atoms with Crippen molar-refractivity contribution in [1.82, 2.24) is 4.90 Å². The van der Waals surface area contributed by atoms with E-state index in [1.54, 1.807) is 0 Å². The van der Waals surface area contributed by atoms with Crippen molar-refractivity contribution in [2.45, 2.75) is 96.4 Å². The molecule has 0 radical (unpaired) electrons. The van der Waals surface area contributed by atoms with E-state index in [2.05, 4.69) is 24.8 Å². The highest BCUT2D eigenvalue weighted by Crippen LogP contribution is 2.33. The van der Waals surface area contributed by atoms with Gasteiger partial charge in [0.1, 0.15) is 12.0 Å². The van der Waals surface area contributed by atoms with E-state index in [1.165, 1.54) is 69.8 Å². The number of benzene rings is 1. The third-order valence-electron chi connectivity index (χ3n) is 5.92. The number of nitrogen functional groups attached to an aromatic ring is 1. The summed E-state index contributed by atoms with van der Waals surface area (Å²) in [7, 11) is 0. The fourth-order valence-corrected chi connectivity index (χ4v) is 4.64. The summed E-state index contributed by atoms with van der Waals surface area (Å²) in [5.41, 5.74) is 7.92. The molecule has 24 heavy (non-hydrogen) atoms. The molecule has 0 amide bonds. The molecule has 2 N–H and O–H groups in total. The minimum absolute atomic E-state index is 0.122. The highest BCUT2D eigenvalue weighted by atomic mass is 16.5. The first-order chi connectivity index (χ1) is 11.6. The molecular formula is C21H34N2O. The van der Waals surface area contributed by atoms with E-state index in [0.717, 1.165) is 11.4 Å². The Hall–Kier alpha value is -1.22. The third-order valence-corrected chi connectivity index (χ3v) is 5.92. The van der Waals surface area contributed by atoms with Crippen LogP contribution in [-0.2, 0) is 0 Å². The van der Waals surface area contributed by atoms with Gasteiger partial charge in [0.15, 0.2) is 0 Å². The van der Waals surface area contributed by atoms with Crippen molar-refractivity contribution in [3.8, 4) is 5.75 Å². The summed E-state index contributed by atoms with van der Waals surface area (Å²) in [6.07, 6.45) is 13.8. The lowest BCUT2D eigenvalue weighted by Crippen LogP contribution is -2.52. The van der Waals surface area contributed by atoms with E-state index in [4.69, 9.17) is 10.5 Å². The Balaban J connectivity index is 1.76. The van der Waals surface area contributed by atoms with Crippen molar-refractivity contribution in [2.24, 2.45) is 0 Å². The molecule has 3 rings (SSSR count). The normalized spacial score (nSPS) is 21.8. The van der Waals surface area contributed by atoms with Gasteiger partial charge in [-0.05, 0) is 51.2 Å². The maximum atomic E-state index is 6.44. The molecule has 3 heteroatoms. The van der Waals surface area contributed by atoms with Gasteiger partial charge in [-0.3, -0.25) is 4.90 Å². The summed E-state index contributed by atoms with van der Waals surface area (Å²) in [6, 6.07) is 7.37. The smallest absolute Gasteiger partial charge is 0.150 e. The van der Waals surface area contributed by atoms with E-state index in [-0.39, 0.29) is 6.23 Å². The van der Waals surface area contributed by atoms with Gasteiger partial charge in [-0.15, -0.1) is 0 Å². The van der Waals surface area contributed by atoms with Gasteiger partial charge >= 0.3 is 0 Å². The molecule has 134 valence electrons. The zero-order valence-corrected chi connectivity index (χ0v) is 15.5. The molecule has 2 saturated carbocycles. The fourth-order valence-electron chi connectivity index (χ4n) is 4.64. The van der Waals surface area contributed by atoms with E-state index in [0.29, 0.717) is 12.1 Å². The number of nitrogens with two attached hydrogens (primary N) is 1.